The van der Waals surface area contributed by atoms with Crippen LogP contribution in [0.2, 0.25) is 0 Å². The van der Waals surface area contributed by atoms with Crippen molar-refractivity contribution in [3.8, 4) is 0 Å². The summed E-state index contributed by atoms with van der Waals surface area (Å²) in [6, 6.07) is 25.1. The van der Waals surface area contributed by atoms with Crippen LogP contribution in [0.3, 0.4) is 0 Å². The van der Waals surface area contributed by atoms with E-state index in [-0.39, 0.29) is 35.4 Å². The normalized spacial score (nSPS) is 11.0. The highest BCUT2D eigenvalue weighted by Gasteiger charge is 2.25. The van der Waals surface area contributed by atoms with Crippen LogP contribution in [0.1, 0.15) is 21.5 Å². The molecule has 3 aromatic carbocycles. The zero-order valence-corrected chi connectivity index (χ0v) is 24.0. The number of thioether (sulfide) groups is 1. The Morgan fingerprint density at radius 2 is 1.37 bits per heavy atom. The summed E-state index contributed by atoms with van der Waals surface area (Å²) in [6.07, 6.45) is 0. The van der Waals surface area contributed by atoms with Crippen LogP contribution in [0.25, 0.3) is 10.9 Å². The second-order valence-electron chi connectivity index (χ2n) is 9.58. The third-order valence-electron chi connectivity index (χ3n) is 6.79. The number of hydrogen-bond donors (Lipinski definition) is 1. The molecule has 2 N–H and O–H groups in total. The molecule has 2 heterocycles. The first-order valence-corrected chi connectivity index (χ1v) is 14.2. The molecule has 0 radical (unpaired) electrons. The summed E-state index contributed by atoms with van der Waals surface area (Å²) in [5.41, 5.74) is 5.74. The molecule has 0 aliphatic rings. The molecule has 0 spiro atoms. The number of carbonyl (C=O) groups excluding carboxylic acids is 2. The fourth-order valence-electron chi connectivity index (χ4n) is 4.59. The maximum Gasteiger partial charge on any atom is 0.333 e. The zero-order valence-electron chi connectivity index (χ0n) is 23.1. The molecule has 11 nitrogen and oxygen atoms in total. The molecule has 5 aromatic rings. The van der Waals surface area contributed by atoms with E-state index in [1.165, 1.54) is 4.57 Å². The molecule has 0 amide bonds. The fraction of sp³-hybridized carbons (Fsp3) is 0.161. The van der Waals surface area contributed by atoms with Gasteiger partial charge in [0.1, 0.15) is 17.9 Å². The number of carbonyl (C=O) groups is 2. The molecule has 0 saturated heterocycles. The topological polar surface area (TPSA) is 148 Å². The monoisotopic (exact) mass is 597 g/mol. The van der Waals surface area contributed by atoms with Gasteiger partial charge in [0.25, 0.3) is 11.1 Å². The van der Waals surface area contributed by atoms with Crippen molar-refractivity contribution in [2.24, 2.45) is 0 Å². The largest absolute Gasteiger partial charge is 0.468 e. The predicted octanol–water partition coefficient (Wildman–Crippen LogP) is 2.55. The van der Waals surface area contributed by atoms with Crippen LogP contribution < -0.4 is 22.5 Å². The van der Waals surface area contributed by atoms with Gasteiger partial charge in [0.2, 0.25) is 0 Å². The van der Waals surface area contributed by atoms with Gasteiger partial charge in [-0.25, -0.2) is 14.3 Å². The second-order valence-corrected chi connectivity index (χ2v) is 10.5. The minimum atomic E-state index is -1.00. The quantitative estimate of drug-likeness (QED) is 0.111. The van der Waals surface area contributed by atoms with Crippen LogP contribution in [0.4, 0.5) is 5.82 Å². The number of methoxy groups -OCH3 is 1. The molecule has 0 atom stereocenters. The summed E-state index contributed by atoms with van der Waals surface area (Å²) >= 11 is 0.974. The van der Waals surface area contributed by atoms with Gasteiger partial charge >= 0.3 is 11.7 Å². The zero-order chi connectivity index (χ0) is 30.5. The molecule has 0 aliphatic heterocycles. The molecule has 12 heteroatoms. The summed E-state index contributed by atoms with van der Waals surface area (Å²) in [4.78, 5) is 70.5. The number of rotatable bonds is 10. The van der Waals surface area contributed by atoms with Gasteiger partial charge in [-0.3, -0.25) is 28.3 Å². The molecule has 5 rings (SSSR count). The molecular formula is C31H27N5O6S. The Kier molecular flexibility index (Phi) is 8.67. The van der Waals surface area contributed by atoms with E-state index in [4.69, 9.17) is 5.73 Å². The van der Waals surface area contributed by atoms with Gasteiger partial charge in [-0.15, -0.1) is 0 Å². The van der Waals surface area contributed by atoms with Crippen molar-refractivity contribution in [2.75, 3.05) is 18.6 Å². The number of nitrogen functional groups attached to an aromatic ring is 1. The summed E-state index contributed by atoms with van der Waals surface area (Å²) in [5, 5.41) is 0.698. The molecule has 0 bridgehead atoms. The Morgan fingerprint density at radius 3 is 2.00 bits per heavy atom. The van der Waals surface area contributed by atoms with Crippen LogP contribution in [-0.2, 0) is 29.2 Å². The van der Waals surface area contributed by atoms with Gasteiger partial charge in [-0.05, 0) is 23.3 Å². The standard InChI is InChI=1S/C31H27N5O6S/c1-42-25(38)18-36-29(40)26(27(32)34(31(36)41)16-20-10-4-2-5-11-20)24(37)19-43-30-33-23-15-9-8-14-22(23)28(39)35(30)17-21-12-6-3-7-13-21/h2-15H,16-19,32H2,1H3. The molecule has 2 aromatic heterocycles. The average Bonchev–Trinajstić information content (AvgIpc) is 3.03. The Hall–Kier alpha value is -5.23. The number of ketones is 1. The first-order valence-electron chi connectivity index (χ1n) is 13.2. The van der Waals surface area contributed by atoms with E-state index in [0.29, 0.717) is 21.0 Å². The van der Waals surface area contributed by atoms with E-state index in [9.17, 15) is 24.0 Å². The van der Waals surface area contributed by atoms with Gasteiger partial charge < -0.3 is 10.5 Å². The highest BCUT2D eigenvalue weighted by Crippen LogP contribution is 2.21. The van der Waals surface area contributed by atoms with E-state index >= 15 is 0 Å². The number of benzene rings is 3. The lowest BCUT2D eigenvalue weighted by molar-refractivity contribution is -0.141. The SMILES string of the molecule is COC(=O)Cn1c(=O)c(C(=O)CSc2nc3ccccc3c(=O)n2Cc2ccccc2)c(N)n(Cc2ccccc2)c1=O. The van der Waals surface area contributed by atoms with Crippen molar-refractivity contribution >= 4 is 40.2 Å². The van der Waals surface area contributed by atoms with E-state index in [1.807, 2.05) is 30.3 Å². The van der Waals surface area contributed by atoms with Gasteiger partial charge in [0, 0.05) is 0 Å². The Labute approximate surface area is 249 Å². The maximum absolute atomic E-state index is 13.6. The number of aromatic nitrogens is 4. The number of esters is 1. The number of fused-ring (bicyclic) bond motifs is 1. The van der Waals surface area contributed by atoms with Crippen molar-refractivity contribution in [3.05, 3.63) is 133 Å². The van der Waals surface area contributed by atoms with E-state index in [2.05, 4.69) is 9.72 Å². The van der Waals surface area contributed by atoms with Crippen molar-refractivity contribution < 1.29 is 14.3 Å². The summed E-state index contributed by atoms with van der Waals surface area (Å²) < 4.78 is 7.86. The molecule has 0 saturated carbocycles. The first kappa shape index (κ1) is 29.3. The minimum Gasteiger partial charge on any atom is -0.468 e. The maximum atomic E-state index is 13.6. The van der Waals surface area contributed by atoms with Crippen molar-refractivity contribution in [3.63, 3.8) is 0 Å². The second kappa shape index (κ2) is 12.7. The Balaban J connectivity index is 1.55. The molecule has 0 aliphatic carbocycles. The highest BCUT2D eigenvalue weighted by molar-refractivity contribution is 7.99. The number of hydrogen-bond acceptors (Lipinski definition) is 9. The van der Waals surface area contributed by atoms with Gasteiger partial charge in [0.15, 0.2) is 10.9 Å². The van der Waals surface area contributed by atoms with Crippen LogP contribution in [0.5, 0.6) is 0 Å². The first-order chi connectivity index (χ1) is 20.8. The van der Waals surface area contributed by atoms with Crippen LogP contribution in [0, 0.1) is 0 Å². The third kappa shape index (κ3) is 6.19. The summed E-state index contributed by atoms with van der Waals surface area (Å²) in [5.74, 6) is -2.17. The van der Waals surface area contributed by atoms with Gasteiger partial charge in [-0.1, -0.05) is 84.6 Å². The summed E-state index contributed by atoms with van der Waals surface area (Å²) in [6.45, 7) is -0.521. The van der Waals surface area contributed by atoms with Crippen LogP contribution in [0.15, 0.2) is 104 Å². The van der Waals surface area contributed by atoms with E-state index in [1.54, 1.807) is 54.6 Å². The molecule has 218 valence electrons. The predicted molar refractivity (Wildman–Crippen MR) is 164 cm³/mol. The Bertz CT molecular complexity index is 2000. The summed E-state index contributed by atoms with van der Waals surface area (Å²) in [7, 11) is 1.13. The molecule has 43 heavy (non-hydrogen) atoms. The van der Waals surface area contributed by atoms with Crippen LogP contribution >= 0.6 is 11.8 Å². The lowest BCUT2D eigenvalue weighted by Crippen LogP contribution is -2.45. The molecule has 0 fully saturated rings. The van der Waals surface area contributed by atoms with Crippen LogP contribution in [-0.4, -0.2) is 43.3 Å². The highest BCUT2D eigenvalue weighted by atomic mass is 32.2. The van der Waals surface area contributed by atoms with Gasteiger partial charge in [0.05, 0.1) is 36.9 Å². The lowest BCUT2D eigenvalue weighted by atomic mass is 10.2. The van der Waals surface area contributed by atoms with Crippen molar-refractivity contribution in [2.45, 2.75) is 24.8 Å². The average molecular weight is 598 g/mol. The minimum absolute atomic E-state index is 0.0385. The number of para-hydroxylation sites is 1. The number of ether oxygens (including phenoxy) is 1. The number of nitrogens with two attached hydrogens (primary N) is 1. The Morgan fingerprint density at radius 1 is 0.791 bits per heavy atom. The lowest BCUT2D eigenvalue weighted by Gasteiger charge is -2.16. The third-order valence-corrected chi connectivity index (χ3v) is 7.76. The smallest absolute Gasteiger partial charge is 0.333 e. The number of anilines is 1. The van der Waals surface area contributed by atoms with Crippen molar-refractivity contribution in [1.29, 1.82) is 0 Å². The van der Waals surface area contributed by atoms with Crippen molar-refractivity contribution in [1.82, 2.24) is 18.7 Å². The fourth-order valence-corrected chi connectivity index (χ4v) is 5.47. The number of Topliss-reactive ketones (excluding diaryl/α,β-unsaturated/α-hetero) is 1. The van der Waals surface area contributed by atoms with Gasteiger partial charge in [-0.2, -0.15) is 0 Å². The van der Waals surface area contributed by atoms with E-state index in [0.717, 1.165) is 29.0 Å². The number of nitrogens with zero attached hydrogens (tertiary/aromatic N) is 4. The molecular weight excluding hydrogens is 570 g/mol. The van der Waals surface area contributed by atoms with E-state index < -0.39 is 35.1 Å². The molecule has 0 unspecified atom stereocenters.